The Morgan fingerprint density at radius 1 is 1.25 bits per heavy atom. The predicted molar refractivity (Wildman–Crippen MR) is 42.6 cm³/mol. The van der Waals surface area contributed by atoms with Gasteiger partial charge in [0, 0.05) is 0 Å². The zero-order chi connectivity index (χ0) is 9.19. The Labute approximate surface area is 70.1 Å². The van der Waals surface area contributed by atoms with E-state index in [0.29, 0.717) is 5.56 Å². The van der Waals surface area contributed by atoms with Gasteiger partial charge in [-0.1, -0.05) is 12.1 Å². The van der Waals surface area contributed by atoms with Crippen molar-refractivity contribution in [2.24, 2.45) is 5.14 Å². The van der Waals surface area contributed by atoms with Gasteiger partial charge in [-0.2, -0.15) is 0 Å². The van der Waals surface area contributed by atoms with Crippen LogP contribution < -0.4 is 5.14 Å². The maximum absolute atomic E-state index is 12.0. The number of hydrogen-bond donors (Lipinski definition) is 1. The van der Waals surface area contributed by atoms with E-state index in [1.165, 1.54) is 24.3 Å². The smallest absolute Gasteiger partial charge is 0.238 e. The van der Waals surface area contributed by atoms with E-state index < -0.39 is 16.7 Å². The molecule has 0 aliphatic carbocycles. The number of rotatable bonds is 2. The number of sulfonamides is 1. The molecule has 0 aromatic heterocycles. The Morgan fingerprint density at radius 3 is 2.08 bits per heavy atom. The van der Waals surface area contributed by atoms with Gasteiger partial charge in [-0.05, 0) is 17.7 Å². The molecular formula is C7H8FNO2S. The summed E-state index contributed by atoms with van der Waals surface area (Å²) >= 11 is 0. The molecule has 0 atom stereocenters. The number of halogens is 1. The second-order valence-electron chi connectivity index (χ2n) is 2.32. The van der Waals surface area contributed by atoms with Gasteiger partial charge in [0.25, 0.3) is 0 Å². The van der Waals surface area contributed by atoms with E-state index >= 15 is 0 Å². The average molecular weight is 189 g/mol. The molecular weight excluding hydrogens is 181 g/mol. The molecule has 5 heteroatoms. The minimum atomic E-state index is -3.65. The molecule has 12 heavy (non-hydrogen) atoms. The maximum Gasteiger partial charge on any atom is 0.238 e. The van der Waals surface area contributed by atoms with E-state index in [0.717, 1.165) is 0 Å². The predicted octanol–water partition coefficient (Wildman–Crippen LogP) is 0.804. The number of alkyl halides is 1. The lowest BCUT2D eigenvalue weighted by Gasteiger charge is -1.97. The molecule has 1 rings (SSSR count). The van der Waals surface area contributed by atoms with Crippen LogP contribution in [0.25, 0.3) is 0 Å². The first-order chi connectivity index (χ1) is 5.54. The van der Waals surface area contributed by atoms with Gasteiger partial charge in [-0.3, -0.25) is 0 Å². The van der Waals surface area contributed by atoms with Gasteiger partial charge in [0.2, 0.25) is 10.0 Å². The highest BCUT2D eigenvalue weighted by molar-refractivity contribution is 7.89. The first-order valence-electron chi connectivity index (χ1n) is 3.22. The fourth-order valence-electron chi connectivity index (χ4n) is 0.768. The van der Waals surface area contributed by atoms with Crippen molar-refractivity contribution in [3.05, 3.63) is 29.8 Å². The summed E-state index contributed by atoms with van der Waals surface area (Å²) in [6.45, 7) is -0.606. The second kappa shape index (κ2) is 3.20. The summed E-state index contributed by atoms with van der Waals surface area (Å²) in [6.07, 6.45) is 0. The molecule has 0 heterocycles. The second-order valence-corrected chi connectivity index (χ2v) is 3.88. The number of primary sulfonamides is 1. The molecule has 0 saturated carbocycles. The summed E-state index contributed by atoms with van der Waals surface area (Å²) in [4.78, 5) is -0.000278. The summed E-state index contributed by atoms with van der Waals surface area (Å²) in [5.41, 5.74) is 0.433. The molecule has 3 nitrogen and oxygen atoms in total. The Kier molecular flexibility index (Phi) is 2.44. The molecule has 0 aliphatic heterocycles. The van der Waals surface area contributed by atoms with Gasteiger partial charge in [-0.25, -0.2) is 17.9 Å². The molecule has 1 aromatic rings. The van der Waals surface area contributed by atoms with Crippen molar-refractivity contribution in [2.75, 3.05) is 0 Å². The quantitative estimate of drug-likeness (QED) is 0.748. The lowest BCUT2D eigenvalue weighted by Crippen LogP contribution is -2.11. The Morgan fingerprint density at radius 2 is 1.75 bits per heavy atom. The van der Waals surface area contributed by atoms with Crippen LogP contribution in [0.2, 0.25) is 0 Å². The van der Waals surface area contributed by atoms with Gasteiger partial charge >= 0.3 is 0 Å². The van der Waals surface area contributed by atoms with Gasteiger partial charge in [0.15, 0.2) is 0 Å². The summed E-state index contributed by atoms with van der Waals surface area (Å²) < 4.78 is 33.4. The number of benzene rings is 1. The highest BCUT2D eigenvalue weighted by Crippen LogP contribution is 2.08. The zero-order valence-corrected chi connectivity index (χ0v) is 7.01. The largest absolute Gasteiger partial charge is 0.246 e. The Balaban J connectivity index is 3.09. The van der Waals surface area contributed by atoms with Crippen LogP contribution in [0, 0.1) is 0 Å². The van der Waals surface area contributed by atoms with Crippen LogP contribution in [-0.2, 0) is 16.7 Å². The minimum Gasteiger partial charge on any atom is -0.246 e. The Bertz CT molecular complexity index is 357. The molecule has 66 valence electrons. The molecule has 0 unspecified atom stereocenters. The molecule has 0 bridgehead atoms. The summed E-state index contributed by atoms with van der Waals surface area (Å²) in [6, 6.07) is 5.34. The molecule has 0 spiro atoms. The number of hydrogen-bond acceptors (Lipinski definition) is 2. The van der Waals surface area contributed by atoms with E-state index in [-0.39, 0.29) is 4.90 Å². The maximum atomic E-state index is 12.0. The van der Waals surface area contributed by atoms with Crippen molar-refractivity contribution in [3.63, 3.8) is 0 Å². The average Bonchev–Trinajstić information content (AvgIpc) is 2.03. The van der Waals surface area contributed by atoms with Gasteiger partial charge in [0.1, 0.15) is 6.67 Å². The van der Waals surface area contributed by atoms with Crippen LogP contribution >= 0.6 is 0 Å². The van der Waals surface area contributed by atoms with E-state index in [2.05, 4.69) is 0 Å². The van der Waals surface area contributed by atoms with Gasteiger partial charge < -0.3 is 0 Å². The van der Waals surface area contributed by atoms with Crippen molar-refractivity contribution in [1.29, 1.82) is 0 Å². The van der Waals surface area contributed by atoms with Crippen LogP contribution in [-0.4, -0.2) is 8.42 Å². The first kappa shape index (κ1) is 9.15. The molecule has 0 radical (unpaired) electrons. The fourth-order valence-corrected chi connectivity index (χ4v) is 1.28. The SMILES string of the molecule is NS(=O)(=O)c1ccc(CF)cc1. The van der Waals surface area contributed by atoms with Gasteiger partial charge in [-0.15, -0.1) is 0 Å². The third kappa shape index (κ3) is 2.02. The minimum absolute atomic E-state index is 0.000278. The lowest BCUT2D eigenvalue weighted by atomic mass is 10.2. The van der Waals surface area contributed by atoms with Crippen molar-refractivity contribution in [1.82, 2.24) is 0 Å². The molecule has 0 saturated heterocycles. The summed E-state index contributed by atoms with van der Waals surface area (Å²) in [7, 11) is -3.65. The summed E-state index contributed by atoms with van der Waals surface area (Å²) in [5, 5.41) is 4.83. The topological polar surface area (TPSA) is 60.2 Å². The van der Waals surface area contributed by atoms with E-state index in [1.807, 2.05) is 0 Å². The highest BCUT2D eigenvalue weighted by Gasteiger charge is 2.05. The monoisotopic (exact) mass is 189 g/mol. The fraction of sp³-hybridized carbons (Fsp3) is 0.143. The van der Waals surface area contributed by atoms with E-state index in [1.54, 1.807) is 0 Å². The molecule has 2 N–H and O–H groups in total. The van der Waals surface area contributed by atoms with Crippen LogP contribution in [0.3, 0.4) is 0 Å². The van der Waals surface area contributed by atoms with Crippen molar-refractivity contribution in [2.45, 2.75) is 11.6 Å². The highest BCUT2D eigenvalue weighted by atomic mass is 32.2. The van der Waals surface area contributed by atoms with Crippen molar-refractivity contribution >= 4 is 10.0 Å². The normalized spacial score (nSPS) is 11.5. The molecule has 0 aliphatic rings. The van der Waals surface area contributed by atoms with E-state index in [9.17, 15) is 12.8 Å². The Hall–Kier alpha value is -0.940. The van der Waals surface area contributed by atoms with Crippen molar-refractivity contribution in [3.8, 4) is 0 Å². The number of nitrogens with two attached hydrogens (primary N) is 1. The summed E-state index contributed by atoms with van der Waals surface area (Å²) in [5.74, 6) is 0. The molecule has 0 amide bonds. The molecule has 1 aromatic carbocycles. The lowest BCUT2D eigenvalue weighted by molar-refractivity contribution is 0.485. The standard InChI is InChI=1S/C7H8FNO2S/c8-5-6-1-3-7(4-2-6)12(9,10)11/h1-4H,5H2,(H2,9,10,11). The van der Waals surface area contributed by atoms with Crippen LogP contribution in [0.5, 0.6) is 0 Å². The van der Waals surface area contributed by atoms with Gasteiger partial charge in [0.05, 0.1) is 4.90 Å². The first-order valence-corrected chi connectivity index (χ1v) is 4.76. The van der Waals surface area contributed by atoms with Crippen molar-refractivity contribution < 1.29 is 12.8 Å². The van der Waals surface area contributed by atoms with Crippen LogP contribution in [0.1, 0.15) is 5.56 Å². The molecule has 0 fully saturated rings. The van der Waals surface area contributed by atoms with E-state index in [4.69, 9.17) is 5.14 Å². The van der Waals surface area contributed by atoms with Crippen LogP contribution in [0.4, 0.5) is 4.39 Å². The third-order valence-electron chi connectivity index (χ3n) is 1.41. The van der Waals surface area contributed by atoms with Crippen LogP contribution in [0.15, 0.2) is 29.2 Å². The zero-order valence-electron chi connectivity index (χ0n) is 6.20. The third-order valence-corrected chi connectivity index (χ3v) is 2.34.